The number of benzene rings is 3. The van der Waals surface area contributed by atoms with E-state index in [1.807, 2.05) is 49.4 Å². The summed E-state index contributed by atoms with van der Waals surface area (Å²) in [6.45, 7) is 1.60. The second-order valence-electron chi connectivity index (χ2n) is 7.26. The van der Waals surface area contributed by atoms with Crippen LogP contribution in [0.3, 0.4) is 0 Å². The van der Waals surface area contributed by atoms with Crippen molar-refractivity contribution in [1.29, 1.82) is 0 Å². The van der Waals surface area contributed by atoms with Crippen molar-refractivity contribution < 1.29 is 19.1 Å². The van der Waals surface area contributed by atoms with E-state index in [1.54, 1.807) is 37.4 Å². The molecular formula is C26H20BrNO4. The first-order valence-electron chi connectivity index (χ1n) is 9.97. The number of carbonyl (C=O) groups is 2. The Morgan fingerprint density at radius 2 is 1.69 bits per heavy atom. The SMILES string of the molecule is COc1ccc(-c2cc(C(=O)OCC(=O)c3ccc(Br)cc3)c3cccc(C)c3n2)cc1. The number of carbonyl (C=O) groups excluding carboxylic acids is 2. The van der Waals surface area contributed by atoms with Gasteiger partial charge in [0.05, 0.1) is 23.9 Å². The third-order valence-corrected chi connectivity index (χ3v) is 5.68. The maximum atomic E-state index is 13.0. The van der Waals surface area contributed by atoms with E-state index in [1.165, 1.54) is 0 Å². The normalized spacial score (nSPS) is 10.7. The quantitative estimate of drug-likeness (QED) is 0.244. The second-order valence-corrected chi connectivity index (χ2v) is 8.18. The molecule has 3 aromatic carbocycles. The van der Waals surface area contributed by atoms with E-state index in [0.717, 1.165) is 21.3 Å². The number of hydrogen-bond acceptors (Lipinski definition) is 5. The summed E-state index contributed by atoms with van der Waals surface area (Å²) >= 11 is 3.34. The van der Waals surface area contributed by atoms with Gasteiger partial charge in [0.1, 0.15) is 5.75 Å². The molecule has 6 heteroatoms. The van der Waals surface area contributed by atoms with Gasteiger partial charge in [0.25, 0.3) is 0 Å². The topological polar surface area (TPSA) is 65.5 Å². The molecule has 0 aliphatic heterocycles. The van der Waals surface area contributed by atoms with Crippen LogP contribution in [0.1, 0.15) is 26.3 Å². The fourth-order valence-electron chi connectivity index (χ4n) is 3.40. The number of Topliss-reactive ketones (excluding diaryl/α,β-unsaturated/α-hetero) is 1. The van der Waals surface area contributed by atoms with Crippen LogP contribution in [0.5, 0.6) is 5.75 Å². The molecule has 160 valence electrons. The Kier molecular flexibility index (Phi) is 6.32. The van der Waals surface area contributed by atoms with Crippen molar-refractivity contribution in [2.24, 2.45) is 0 Å². The van der Waals surface area contributed by atoms with Crippen LogP contribution in [0.25, 0.3) is 22.2 Å². The highest BCUT2D eigenvalue weighted by molar-refractivity contribution is 9.10. The van der Waals surface area contributed by atoms with Crippen molar-refractivity contribution >= 4 is 38.6 Å². The van der Waals surface area contributed by atoms with Crippen LogP contribution >= 0.6 is 15.9 Å². The lowest BCUT2D eigenvalue weighted by Gasteiger charge is -2.12. The van der Waals surface area contributed by atoms with E-state index in [2.05, 4.69) is 15.9 Å². The van der Waals surface area contributed by atoms with Gasteiger partial charge < -0.3 is 9.47 Å². The molecule has 0 spiro atoms. The number of hydrogen-bond donors (Lipinski definition) is 0. The molecule has 4 rings (SSSR count). The predicted molar refractivity (Wildman–Crippen MR) is 127 cm³/mol. The summed E-state index contributed by atoms with van der Waals surface area (Å²) in [6, 6.07) is 21.7. The largest absolute Gasteiger partial charge is 0.497 e. The number of para-hydroxylation sites is 1. The second kappa shape index (κ2) is 9.32. The molecule has 32 heavy (non-hydrogen) atoms. The van der Waals surface area contributed by atoms with E-state index in [9.17, 15) is 9.59 Å². The van der Waals surface area contributed by atoms with Gasteiger partial charge in [0.2, 0.25) is 0 Å². The number of fused-ring (bicyclic) bond motifs is 1. The Bertz CT molecular complexity index is 1300. The lowest BCUT2D eigenvalue weighted by Crippen LogP contribution is -2.15. The minimum absolute atomic E-state index is 0.268. The molecule has 5 nitrogen and oxygen atoms in total. The molecule has 0 bridgehead atoms. The number of nitrogens with zero attached hydrogens (tertiary/aromatic N) is 1. The third kappa shape index (κ3) is 4.55. The van der Waals surface area contributed by atoms with Crippen LogP contribution in [0.4, 0.5) is 0 Å². The van der Waals surface area contributed by atoms with Gasteiger partial charge in [0.15, 0.2) is 12.4 Å². The van der Waals surface area contributed by atoms with Crippen LogP contribution in [0.2, 0.25) is 0 Å². The Morgan fingerprint density at radius 1 is 0.969 bits per heavy atom. The Labute approximate surface area is 194 Å². The lowest BCUT2D eigenvalue weighted by atomic mass is 10.0. The summed E-state index contributed by atoms with van der Waals surface area (Å²) in [4.78, 5) is 30.2. The summed E-state index contributed by atoms with van der Waals surface area (Å²) in [5.74, 6) is -0.101. The first-order chi connectivity index (χ1) is 15.5. The minimum atomic E-state index is -0.566. The van der Waals surface area contributed by atoms with E-state index in [0.29, 0.717) is 27.7 Å². The molecule has 0 saturated heterocycles. The van der Waals surface area contributed by atoms with E-state index >= 15 is 0 Å². The standard InChI is InChI=1S/C26H20BrNO4/c1-16-4-3-5-21-22(26(30)32-15-24(29)18-6-10-19(27)11-7-18)14-23(28-25(16)21)17-8-12-20(31-2)13-9-17/h3-14H,15H2,1-2H3. The smallest absolute Gasteiger partial charge is 0.339 e. The zero-order valence-corrected chi connectivity index (χ0v) is 19.2. The molecule has 0 unspecified atom stereocenters. The monoisotopic (exact) mass is 489 g/mol. The first kappa shape index (κ1) is 21.7. The number of ketones is 1. The van der Waals surface area contributed by atoms with Crippen molar-refractivity contribution in [3.8, 4) is 17.0 Å². The molecular weight excluding hydrogens is 470 g/mol. The van der Waals surface area contributed by atoms with E-state index in [4.69, 9.17) is 14.5 Å². The zero-order valence-electron chi connectivity index (χ0n) is 17.6. The molecule has 0 aliphatic carbocycles. The van der Waals surface area contributed by atoms with Gasteiger partial charge in [-0.3, -0.25) is 4.79 Å². The number of pyridine rings is 1. The van der Waals surface area contributed by atoms with Crippen molar-refractivity contribution in [3.63, 3.8) is 0 Å². The number of esters is 1. The molecule has 0 fully saturated rings. The number of rotatable bonds is 6. The Morgan fingerprint density at radius 3 is 2.38 bits per heavy atom. The van der Waals surface area contributed by atoms with Crippen LogP contribution in [0.15, 0.2) is 77.3 Å². The maximum absolute atomic E-state index is 13.0. The number of halogens is 1. The first-order valence-corrected chi connectivity index (χ1v) is 10.8. The molecule has 0 radical (unpaired) electrons. The number of aryl methyl sites for hydroxylation is 1. The number of aromatic nitrogens is 1. The summed E-state index contributed by atoms with van der Waals surface area (Å²) in [7, 11) is 1.61. The molecule has 1 aromatic heterocycles. The molecule has 4 aromatic rings. The summed E-state index contributed by atoms with van der Waals surface area (Å²) in [5, 5.41) is 0.684. The molecule has 0 atom stereocenters. The van der Waals surface area contributed by atoms with Gasteiger partial charge in [-0.15, -0.1) is 0 Å². The zero-order chi connectivity index (χ0) is 22.7. The highest BCUT2D eigenvalue weighted by Gasteiger charge is 2.18. The molecule has 0 N–H and O–H groups in total. The number of methoxy groups -OCH3 is 1. The maximum Gasteiger partial charge on any atom is 0.339 e. The minimum Gasteiger partial charge on any atom is -0.497 e. The highest BCUT2D eigenvalue weighted by Crippen LogP contribution is 2.28. The van der Waals surface area contributed by atoms with Crippen molar-refractivity contribution in [2.75, 3.05) is 13.7 Å². The van der Waals surface area contributed by atoms with Gasteiger partial charge in [-0.1, -0.05) is 46.3 Å². The van der Waals surface area contributed by atoms with Gasteiger partial charge in [0, 0.05) is 21.0 Å². The lowest BCUT2D eigenvalue weighted by molar-refractivity contribution is 0.0476. The van der Waals surface area contributed by atoms with Crippen LogP contribution in [-0.4, -0.2) is 30.5 Å². The van der Waals surface area contributed by atoms with Crippen molar-refractivity contribution in [3.05, 3.63) is 94.0 Å². The van der Waals surface area contributed by atoms with Gasteiger partial charge >= 0.3 is 5.97 Å². The predicted octanol–water partition coefficient (Wildman–Crippen LogP) is 6.02. The van der Waals surface area contributed by atoms with Crippen molar-refractivity contribution in [1.82, 2.24) is 4.98 Å². The van der Waals surface area contributed by atoms with E-state index < -0.39 is 5.97 Å². The van der Waals surface area contributed by atoms with Crippen LogP contribution in [0, 0.1) is 6.92 Å². The van der Waals surface area contributed by atoms with Crippen LogP contribution < -0.4 is 4.74 Å². The molecule has 0 amide bonds. The average molecular weight is 490 g/mol. The van der Waals surface area contributed by atoms with Crippen molar-refractivity contribution in [2.45, 2.75) is 6.92 Å². The fourth-order valence-corrected chi connectivity index (χ4v) is 3.66. The summed E-state index contributed by atoms with van der Waals surface area (Å²) < 4.78 is 11.5. The molecule has 1 heterocycles. The third-order valence-electron chi connectivity index (χ3n) is 5.15. The van der Waals surface area contributed by atoms with Gasteiger partial charge in [-0.2, -0.15) is 0 Å². The fraction of sp³-hybridized carbons (Fsp3) is 0.115. The Hall–Kier alpha value is -3.51. The average Bonchev–Trinajstić information content (AvgIpc) is 2.82. The van der Waals surface area contributed by atoms with Gasteiger partial charge in [-0.25, -0.2) is 9.78 Å². The van der Waals surface area contributed by atoms with Gasteiger partial charge in [-0.05, 0) is 55.0 Å². The summed E-state index contributed by atoms with van der Waals surface area (Å²) in [5.41, 5.74) is 3.99. The Balaban J connectivity index is 1.67. The summed E-state index contributed by atoms with van der Waals surface area (Å²) in [6.07, 6.45) is 0. The van der Waals surface area contributed by atoms with Crippen LogP contribution in [-0.2, 0) is 4.74 Å². The highest BCUT2D eigenvalue weighted by atomic mass is 79.9. The van der Waals surface area contributed by atoms with E-state index in [-0.39, 0.29) is 12.4 Å². The molecule has 0 saturated carbocycles. The number of ether oxygens (including phenoxy) is 2. The molecule has 0 aliphatic rings.